The Morgan fingerprint density at radius 1 is 0.700 bits per heavy atom. The molecule has 0 atom stereocenters. The molecule has 0 rings (SSSR count). The third-order valence-electron chi connectivity index (χ3n) is 0.816. The van der Waals surface area contributed by atoms with Crippen molar-refractivity contribution in [1.82, 2.24) is 0 Å². The van der Waals surface area contributed by atoms with Gasteiger partial charge in [0.25, 0.3) is 0 Å². The number of aliphatic hydroxyl groups excluding tert-OH is 2. The summed E-state index contributed by atoms with van der Waals surface area (Å²) in [5.41, 5.74) is 0. The maximum Gasteiger partial charge on any atom is 0.0615 e. The van der Waals surface area contributed by atoms with Gasteiger partial charge in [-0.25, -0.2) is 0 Å². The Balaban J connectivity index is 3.37. The summed E-state index contributed by atoms with van der Waals surface area (Å²) >= 11 is 0. The molecular formula is C8H12O2. The minimum Gasteiger partial charge on any atom is -0.392 e. The molecule has 0 aliphatic heterocycles. The van der Waals surface area contributed by atoms with Crippen molar-refractivity contribution in [3.63, 3.8) is 0 Å². The fourth-order valence-corrected chi connectivity index (χ4v) is 0.407. The SMILES string of the molecule is OC/C=C/C=C\C=C\CO. The molecule has 0 aromatic rings. The first kappa shape index (κ1) is 9.14. The summed E-state index contributed by atoms with van der Waals surface area (Å²) in [5, 5.41) is 16.6. The van der Waals surface area contributed by atoms with Crippen molar-refractivity contribution in [1.29, 1.82) is 0 Å². The molecule has 0 aliphatic carbocycles. The molecule has 0 amide bonds. The Hall–Kier alpha value is -0.860. The number of allylic oxidation sites excluding steroid dienone is 4. The van der Waals surface area contributed by atoms with E-state index in [9.17, 15) is 0 Å². The van der Waals surface area contributed by atoms with Crippen LogP contribution < -0.4 is 0 Å². The summed E-state index contributed by atoms with van der Waals surface area (Å²) in [6.45, 7) is 0.127. The normalized spacial score (nSPS) is 12.6. The first-order valence-electron chi connectivity index (χ1n) is 3.12. The Morgan fingerprint density at radius 2 is 1.10 bits per heavy atom. The molecule has 0 aromatic heterocycles. The van der Waals surface area contributed by atoms with Gasteiger partial charge in [-0.1, -0.05) is 36.5 Å². The van der Waals surface area contributed by atoms with Crippen LogP contribution in [0.5, 0.6) is 0 Å². The number of hydrogen-bond donors (Lipinski definition) is 2. The predicted molar refractivity (Wildman–Crippen MR) is 41.6 cm³/mol. The van der Waals surface area contributed by atoms with Crippen LogP contribution in [-0.4, -0.2) is 23.4 Å². The van der Waals surface area contributed by atoms with Gasteiger partial charge >= 0.3 is 0 Å². The lowest BCUT2D eigenvalue weighted by atomic mass is 10.4. The van der Waals surface area contributed by atoms with Gasteiger partial charge in [-0.15, -0.1) is 0 Å². The van der Waals surface area contributed by atoms with E-state index >= 15 is 0 Å². The van der Waals surface area contributed by atoms with E-state index in [1.165, 1.54) is 0 Å². The minimum absolute atomic E-state index is 0.0635. The molecule has 0 saturated heterocycles. The second-order valence-electron chi connectivity index (χ2n) is 1.61. The highest BCUT2D eigenvalue weighted by atomic mass is 16.3. The van der Waals surface area contributed by atoms with Crippen molar-refractivity contribution in [3.05, 3.63) is 36.5 Å². The van der Waals surface area contributed by atoms with Crippen LogP contribution in [0.25, 0.3) is 0 Å². The third-order valence-corrected chi connectivity index (χ3v) is 0.816. The molecule has 0 bridgehead atoms. The molecule has 0 spiro atoms. The Labute approximate surface area is 60.8 Å². The van der Waals surface area contributed by atoms with Crippen molar-refractivity contribution in [2.45, 2.75) is 0 Å². The van der Waals surface area contributed by atoms with Gasteiger partial charge in [0.05, 0.1) is 13.2 Å². The van der Waals surface area contributed by atoms with Crippen LogP contribution in [0.1, 0.15) is 0 Å². The molecule has 0 unspecified atom stereocenters. The van der Waals surface area contributed by atoms with Crippen molar-refractivity contribution < 1.29 is 10.2 Å². The topological polar surface area (TPSA) is 40.5 Å². The number of hydrogen-bond acceptors (Lipinski definition) is 2. The third kappa shape index (κ3) is 7.14. The first-order chi connectivity index (χ1) is 4.91. The summed E-state index contributed by atoms with van der Waals surface area (Å²) < 4.78 is 0. The van der Waals surface area contributed by atoms with E-state index in [1.807, 2.05) is 0 Å². The molecule has 2 N–H and O–H groups in total. The molecule has 0 aliphatic rings. The molecule has 10 heavy (non-hydrogen) atoms. The lowest BCUT2D eigenvalue weighted by Crippen LogP contribution is -1.68. The average molecular weight is 140 g/mol. The second kappa shape index (κ2) is 8.14. The minimum atomic E-state index is 0.0635. The maximum absolute atomic E-state index is 8.29. The lowest BCUT2D eigenvalue weighted by molar-refractivity contribution is 0.342. The fourth-order valence-electron chi connectivity index (χ4n) is 0.407. The smallest absolute Gasteiger partial charge is 0.0615 e. The Morgan fingerprint density at radius 3 is 1.40 bits per heavy atom. The highest BCUT2D eigenvalue weighted by Crippen LogP contribution is 1.78. The Kier molecular flexibility index (Phi) is 7.44. The van der Waals surface area contributed by atoms with E-state index in [2.05, 4.69) is 0 Å². The van der Waals surface area contributed by atoms with Crippen LogP contribution in [-0.2, 0) is 0 Å². The predicted octanol–water partition coefficient (Wildman–Crippen LogP) is 0.640. The van der Waals surface area contributed by atoms with E-state index in [-0.39, 0.29) is 13.2 Å². The van der Waals surface area contributed by atoms with Crippen LogP contribution in [0, 0.1) is 0 Å². The molecule has 0 fully saturated rings. The van der Waals surface area contributed by atoms with Gasteiger partial charge in [-0.2, -0.15) is 0 Å². The zero-order chi connectivity index (χ0) is 7.66. The van der Waals surface area contributed by atoms with E-state index in [4.69, 9.17) is 10.2 Å². The maximum atomic E-state index is 8.29. The van der Waals surface area contributed by atoms with Crippen molar-refractivity contribution >= 4 is 0 Å². The molecule has 2 heteroatoms. The van der Waals surface area contributed by atoms with E-state index in [0.717, 1.165) is 0 Å². The molecule has 0 radical (unpaired) electrons. The van der Waals surface area contributed by atoms with Crippen LogP contribution in [0.15, 0.2) is 36.5 Å². The number of rotatable bonds is 4. The standard InChI is InChI=1S/C8H12O2/c9-7-5-3-1-2-4-6-8-10/h1-6,9-10H,7-8H2/b2-1-,5-3+,6-4+. The zero-order valence-corrected chi connectivity index (χ0v) is 5.77. The van der Waals surface area contributed by atoms with Gasteiger partial charge in [0.2, 0.25) is 0 Å². The van der Waals surface area contributed by atoms with Crippen molar-refractivity contribution in [3.8, 4) is 0 Å². The summed E-state index contributed by atoms with van der Waals surface area (Å²) in [7, 11) is 0. The molecule has 0 saturated carbocycles. The molecule has 56 valence electrons. The monoisotopic (exact) mass is 140 g/mol. The highest BCUT2D eigenvalue weighted by Gasteiger charge is 1.63. The van der Waals surface area contributed by atoms with Gasteiger partial charge in [-0.3, -0.25) is 0 Å². The second-order valence-corrected chi connectivity index (χ2v) is 1.61. The molecule has 2 nitrogen and oxygen atoms in total. The quantitative estimate of drug-likeness (QED) is 0.562. The van der Waals surface area contributed by atoms with E-state index < -0.39 is 0 Å². The van der Waals surface area contributed by atoms with E-state index in [1.54, 1.807) is 36.5 Å². The number of aliphatic hydroxyl groups is 2. The van der Waals surface area contributed by atoms with Crippen molar-refractivity contribution in [2.75, 3.05) is 13.2 Å². The Bertz CT molecular complexity index is 118. The molecule has 0 heterocycles. The average Bonchev–Trinajstić information content (AvgIpc) is 1.97. The van der Waals surface area contributed by atoms with Crippen LogP contribution in [0.4, 0.5) is 0 Å². The lowest BCUT2D eigenvalue weighted by Gasteiger charge is -1.75. The largest absolute Gasteiger partial charge is 0.392 e. The fraction of sp³-hybridized carbons (Fsp3) is 0.250. The van der Waals surface area contributed by atoms with Gasteiger partial charge in [0, 0.05) is 0 Å². The van der Waals surface area contributed by atoms with Crippen LogP contribution in [0.3, 0.4) is 0 Å². The van der Waals surface area contributed by atoms with Crippen LogP contribution >= 0.6 is 0 Å². The molecular weight excluding hydrogens is 128 g/mol. The van der Waals surface area contributed by atoms with Gasteiger partial charge < -0.3 is 10.2 Å². The highest BCUT2D eigenvalue weighted by molar-refractivity contribution is 5.10. The van der Waals surface area contributed by atoms with Crippen LogP contribution in [0.2, 0.25) is 0 Å². The zero-order valence-electron chi connectivity index (χ0n) is 5.77. The summed E-state index contributed by atoms with van der Waals surface area (Å²) in [5.74, 6) is 0. The first-order valence-corrected chi connectivity index (χ1v) is 3.12. The summed E-state index contributed by atoms with van der Waals surface area (Å²) in [6, 6.07) is 0. The molecule has 0 aromatic carbocycles. The summed E-state index contributed by atoms with van der Waals surface area (Å²) in [6.07, 6.45) is 10.3. The van der Waals surface area contributed by atoms with Crippen molar-refractivity contribution in [2.24, 2.45) is 0 Å². The summed E-state index contributed by atoms with van der Waals surface area (Å²) in [4.78, 5) is 0. The van der Waals surface area contributed by atoms with Gasteiger partial charge in [0.1, 0.15) is 0 Å². The van der Waals surface area contributed by atoms with Gasteiger partial charge in [-0.05, 0) is 0 Å². The van der Waals surface area contributed by atoms with E-state index in [0.29, 0.717) is 0 Å². The van der Waals surface area contributed by atoms with Gasteiger partial charge in [0.15, 0.2) is 0 Å².